The minimum atomic E-state index is 0.184. The molecule has 21 heavy (non-hydrogen) atoms. The van der Waals surface area contributed by atoms with Gasteiger partial charge in [-0.1, -0.05) is 13.3 Å². The third-order valence-corrected chi connectivity index (χ3v) is 4.08. The summed E-state index contributed by atoms with van der Waals surface area (Å²) < 4.78 is 0. The molecule has 2 aromatic heterocycles. The van der Waals surface area contributed by atoms with Gasteiger partial charge in [-0.15, -0.1) is 0 Å². The van der Waals surface area contributed by atoms with E-state index in [9.17, 15) is 4.79 Å². The van der Waals surface area contributed by atoms with Crippen LogP contribution in [-0.2, 0) is 4.79 Å². The Bertz CT molecular complexity index is 604. The van der Waals surface area contributed by atoms with Crippen molar-refractivity contribution in [3.8, 4) is 0 Å². The zero-order chi connectivity index (χ0) is 14.7. The van der Waals surface area contributed by atoms with E-state index in [2.05, 4.69) is 16.9 Å². The molecule has 1 aliphatic carbocycles. The van der Waals surface area contributed by atoms with Gasteiger partial charge in [0.25, 0.3) is 0 Å². The lowest BCUT2D eigenvalue weighted by Gasteiger charge is -2.24. The Morgan fingerprint density at radius 1 is 1.05 bits per heavy atom. The highest BCUT2D eigenvalue weighted by molar-refractivity contribution is 6.13. The Morgan fingerprint density at radius 3 is 1.95 bits per heavy atom. The number of aromatic amines is 2. The van der Waals surface area contributed by atoms with Gasteiger partial charge in [0, 0.05) is 34.9 Å². The molecule has 2 N–H and O–H groups in total. The van der Waals surface area contributed by atoms with Crippen molar-refractivity contribution in [2.75, 3.05) is 0 Å². The minimum absolute atomic E-state index is 0.184. The van der Waals surface area contributed by atoms with Crippen LogP contribution < -0.4 is 0 Å². The lowest BCUT2D eigenvalue weighted by molar-refractivity contribution is -0.113. The van der Waals surface area contributed by atoms with Crippen LogP contribution in [0.2, 0.25) is 0 Å². The van der Waals surface area contributed by atoms with Gasteiger partial charge in [0.1, 0.15) is 0 Å². The summed E-state index contributed by atoms with van der Waals surface area (Å²) in [5.41, 5.74) is 3.81. The summed E-state index contributed by atoms with van der Waals surface area (Å²) in [6, 6.07) is 7.88. The average molecular weight is 280 g/mol. The molecule has 3 rings (SSSR count). The van der Waals surface area contributed by atoms with Crippen molar-refractivity contribution < 1.29 is 4.79 Å². The summed E-state index contributed by atoms with van der Waals surface area (Å²) in [6.07, 6.45) is 10.6. The Balaban J connectivity index is 1.93. The normalized spacial score (nSPS) is 23.1. The fraction of sp³-hybridized carbons (Fsp3) is 0.278. The lowest BCUT2D eigenvalue weighted by Crippen LogP contribution is -2.19. The summed E-state index contributed by atoms with van der Waals surface area (Å²) in [4.78, 5) is 19.0. The third kappa shape index (κ3) is 3.07. The zero-order valence-electron chi connectivity index (χ0n) is 12.2. The molecule has 0 radical (unpaired) electrons. The molecule has 1 aliphatic rings. The van der Waals surface area contributed by atoms with E-state index >= 15 is 0 Å². The molecule has 0 amide bonds. The van der Waals surface area contributed by atoms with E-state index in [0.29, 0.717) is 5.92 Å². The molecule has 3 heteroatoms. The predicted molar refractivity (Wildman–Crippen MR) is 85.6 cm³/mol. The van der Waals surface area contributed by atoms with Crippen molar-refractivity contribution >= 4 is 17.9 Å². The Kier molecular flexibility index (Phi) is 3.91. The molecule has 3 nitrogen and oxygen atoms in total. The van der Waals surface area contributed by atoms with Crippen molar-refractivity contribution in [1.82, 2.24) is 9.97 Å². The van der Waals surface area contributed by atoms with Gasteiger partial charge < -0.3 is 9.97 Å². The number of nitrogens with one attached hydrogen (secondary N) is 2. The number of carbonyl (C=O) groups excluding carboxylic acids is 1. The van der Waals surface area contributed by atoms with Gasteiger partial charge in [0.2, 0.25) is 0 Å². The zero-order valence-corrected chi connectivity index (χ0v) is 12.2. The molecule has 0 aliphatic heterocycles. The van der Waals surface area contributed by atoms with E-state index in [1.54, 1.807) is 0 Å². The van der Waals surface area contributed by atoms with Crippen LogP contribution in [0, 0.1) is 5.92 Å². The molecule has 2 aromatic rings. The van der Waals surface area contributed by atoms with E-state index in [1.807, 2.05) is 48.8 Å². The number of rotatable bonds is 3. The smallest absolute Gasteiger partial charge is 0.185 e. The van der Waals surface area contributed by atoms with Gasteiger partial charge in [-0.2, -0.15) is 0 Å². The van der Waals surface area contributed by atoms with Crippen molar-refractivity contribution in [3.63, 3.8) is 0 Å². The summed E-state index contributed by atoms with van der Waals surface area (Å²) in [6.45, 7) is 2.19. The SMILES string of the molecule is CCC1C/C(=C\c2ccc[nH]2)C(=O)/C(=C/c2ccc[nH]2)C1. The van der Waals surface area contributed by atoms with Crippen LogP contribution in [0.1, 0.15) is 37.6 Å². The van der Waals surface area contributed by atoms with Gasteiger partial charge in [0.15, 0.2) is 5.78 Å². The van der Waals surface area contributed by atoms with Gasteiger partial charge in [-0.3, -0.25) is 4.79 Å². The highest BCUT2D eigenvalue weighted by atomic mass is 16.1. The number of carbonyl (C=O) groups is 1. The maximum absolute atomic E-state index is 12.7. The first-order chi connectivity index (χ1) is 10.3. The van der Waals surface area contributed by atoms with Crippen LogP contribution in [0.3, 0.4) is 0 Å². The molecule has 1 fully saturated rings. The number of Topliss-reactive ketones (excluding diaryl/α,β-unsaturated/α-hetero) is 1. The maximum Gasteiger partial charge on any atom is 0.185 e. The molecular formula is C18H20N2O. The fourth-order valence-electron chi connectivity index (χ4n) is 2.87. The first-order valence-electron chi connectivity index (χ1n) is 7.49. The first-order valence-corrected chi connectivity index (χ1v) is 7.49. The van der Waals surface area contributed by atoms with Crippen LogP contribution in [0.15, 0.2) is 47.8 Å². The molecule has 0 unspecified atom stereocenters. The largest absolute Gasteiger partial charge is 0.362 e. The van der Waals surface area contributed by atoms with Gasteiger partial charge in [0.05, 0.1) is 0 Å². The summed E-state index contributed by atoms with van der Waals surface area (Å²) >= 11 is 0. The number of hydrogen-bond acceptors (Lipinski definition) is 1. The summed E-state index contributed by atoms with van der Waals surface area (Å²) in [5.74, 6) is 0.731. The van der Waals surface area contributed by atoms with Crippen LogP contribution in [0.5, 0.6) is 0 Å². The summed E-state index contributed by atoms with van der Waals surface area (Å²) in [7, 11) is 0. The molecular weight excluding hydrogens is 260 g/mol. The van der Waals surface area contributed by atoms with Crippen molar-refractivity contribution in [1.29, 1.82) is 0 Å². The molecule has 0 bridgehead atoms. The summed E-state index contributed by atoms with van der Waals surface area (Å²) in [5, 5.41) is 0. The molecule has 2 heterocycles. The Labute approximate surface area is 124 Å². The Morgan fingerprint density at radius 2 is 1.57 bits per heavy atom. The number of H-pyrrole nitrogens is 2. The van der Waals surface area contributed by atoms with E-state index in [1.165, 1.54) is 0 Å². The molecule has 0 saturated heterocycles. The number of aromatic nitrogens is 2. The van der Waals surface area contributed by atoms with E-state index in [4.69, 9.17) is 0 Å². The Hall–Kier alpha value is -2.29. The van der Waals surface area contributed by atoms with Crippen LogP contribution in [-0.4, -0.2) is 15.8 Å². The highest BCUT2D eigenvalue weighted by Gasteiger charge is 2.26. The van der Waals surface area contributed by atoms with Crippen LogP contribution >= 0.6 is 0 Å². The average Bonchev–Trinajstić information content (AvgIpc) is 3.16. The number of ketones is 1. The third-order valence-electron chi connectivity index (χ3n) is 4.08. The van der Waals surface area contributed by atoms with E-state index < -0.39 is 0 Å². The molecule has 0 spiro atoms. The van der Waals surface area contributed by atoms with Crippen molar-refractivity contribution in [2.24, 2.45) is 5.92 Å². The van der Waals surface area contributed by atoms with Crippen LogP contribution in [0.4, 0.5) is 0 Å². The second-order valence-corrected chi connectivity index (χ2v) is 5.60. The number of allylic oxidation sites excluding steroid dienone is 2. The van der Waals surface area contributed by atoms with Crippen LogP contribution in [0.25, 0.3) is 12.2 Å². The second kappa shape index (κ2) is 6.00. The molecule has 1 saturated carbocycles. The maximum atomic E-state index is 12.7. The topological polar surface area (TPSA) is 48.6 Å². The lowest BCUT2D eigenvalue weighted by atomic mass is 9.79. The molecule has 0 atom stereocenters. The van der Waals surface area contributed by atoms with Gasteiger partial charge in [-0.25, -0.2) is 0 Å². The molecule has 0 aromatic carbocycles. The van der Waals surface area contributed by atoms with Gasteiger partial charge in [-0.05, 0) is 55.2 Å². The van der Waals surface area contributed by atoms with Crippen molar-refractivity contribution in [2.45, 2.75) is 26.2 Å². The fourth-order valence-corrected chi connectivity index (χ4v) is 2.87. The monoisotopic (exact) mass is 280 g/mol. The number of hydrogen-bond donors (Lipinski definition) is 2. The minimum Gasteiger partial charge on any atom is -0.362 e. The predicted octanol–water partition coefficient (Wildman–Crippen LogP) is 4.20. The quantitative estimate of drug-likeness (QED) is 0.813. The van der Waals surface area contributed by atoms with Crippen molar-refractivity contribution in [3.05, 3.63) is 59.2 Å². The highest BCUT2D eigenvalue weighted by Crippen LogP contribution is 2.33. The molecule has 108 valence electrons. The van der Waals surface area contributed by atoms with Gasteiger partial charge >= 0.3 is 0 Å². The van der Waals surface area contributed by atoms with E-state index in [-0.39, 0.29) is 5.78 Å². The first kappa shape index (κ1) is 13.7. The standard InChI is InChI=1S/C18H20N2O/c1-2-13-9-14(11-16-5-3-7-19-16)18(21)15(10-13)12-17-6-4-8-20-17/h3-8,11-13,19-20H,2,9-10H2,1H3/b14-11+,15-12+. The van der Waals surface area contributed by atoms with E-state index in [0.717, 1.165) is 41.8 Å². The second-order valence-electron chi connectivity index (χ2n) is 5.60.